The van der Waals surface area contributed by atoms with Gasteiger partial charge in [0.05, 0.1) is 0 Å². The predicted molar refractivity (Wildman–Crippen MR) is 89.2 cm³/mol. The number of ether oxygens (including phenoxy) is 1. The molecule has 0 bridgehead atoms. The molecule has 0 aliphatic carbocycles. The summed E-state index contributed by atoms with van der Waals surface area (Å²) in [5.41, 5.74) is 1.65. The summed E-state index contributed by atoms with van der Waals surface area (Å²) >= 11 is 0. The van der Waals surface area contributed by atoms with Crippen LogP contribution < -0.4 is 10.6 Å². The summed E-state index contributed by atoms with van der Waals surface area (Å²) in [5, 5.41) is 5.71. The Balaban J connectivity index is 1.85. The number of benzene rings is 1. The van der Waals surface area contributed by atoms with Gasteiger partial charge < -0.3 is 20.3 Å². The second-order valence-electron chi connectivity index (χ2n) is 5.74. The van der Waals surface area contributed by atoms with Crippen LogP contribution in [0.3, 0.4) is 0 Å². The number of likely N-dealkylation sites (tertiary alicyclic amines) is 1. The number of rotatable bonds is 5. The van der Waals surface area contributed by atoms with Crippen molar-refractivity contribution >= 4 is 17.6 Å². The first kappa shape index (κ1) is 17.3. The number of amides is 3. The van der Waals surface area contributed by atoms with Crippen LogP contribution in [0.5, 0.6) is 0 Å². The first-order valence-electron chi connectivity index (χ1n) is 8.09. The van der Waals surface area contributed by atoms with Crippen molar-refractivity contribution in [3.63, 3.8) is 0 Å². The summed E-state index contributed by atoms with van der Waals surface area (Å²) < 4.78 is 4.79. The Bertz CT molecular complexity index is 526. The van der Waals surface area contributed by atoms with Crippen LogP contribution in [-0.4, -0.2) is 43.6 Å². The van der Waals surface area contributed by atoms with Crippen molar-refractivity contribution in [1.29, 1.82) is 0 Å². The number of hydrogen-bond acceptors (Lipinski definition) is 3. The zero-order chi connectivity index (χ0) is 16.5. The van der Waals surface area contributed by atoms with E-state index in [0.29, 0.717) is 12.2 Å². The van der Waals surface area contributed by atoms with Gasteiger partial charge in [-0.05, 0) is 30.5 Å². The van der Waals surface area contributed by atoms with E-state index in [9.17, 15) is 9.59 Å². The zero-order valence-corrected chi connectivity index (χ0v) is 13.6. The fraction of sp³-hybridized carbons (Fsp3) is 0.529. The molecular formula is C17H25N3O3. The third-order valence-corrected chi connectivity index (χ3v) is 3.82. The van der Waals surface area contributed by atoms with Gasteiger partial charge in [-0.1, -0.05) is 25.0 Å². The van der Waals surface area contributed by atoms with Gasteiger partial charge >= 0.3 is 6.03 Å². The number of carbonyl (C=O) groups excluding carboxylic acids is 2. The Kier molecular flexibility index (Phi) is 6.87. The van der Waals surface area contributed by atoms with Gasteiger partial charge in [-0.25, -0.2) is 4.79 Å². The Morgan fingerprint density at radius 3 is 2.61 bits per heavy atom. The van der Waals surface area contributed by atoms with Gasteiger partial charge in [-0.2, -0.15) is 0 Å². The molecule has 0 spiro atoms. The SMILES string of the molecule is COCC(=O)Nc1cccc(CNC(=O)N2CCCCCC2)c1. The number of methoxy groups -OCH3 is 1. The molecule has 1 aliphatic rings. The second-order valence-corrected chi connectivity index (χ2v) is 5.74. The van der Waals surface area contributed by atoms with E-state index in [2.05, 4.69) is 10.6 Å². The van der Waals surface area contributed by atoms with E-state index in [1.807, 2.05) is 29.2 Å². The molecule has 3 amide bonds. The minimum absolute atomic E-state index is 0.0132. The van der Waals surface area contributed by atoms with Crippen molar-refractivity contribution in [3.05, 3.63) is 29.8 Å². The summed E-state index contributed by atoms with van der Waals surface area (Å²) in [7, 11) is 1.48. The molecule has 1 aromatic rings. The van der Waals surface area contributed by atoms with Crippen LogP contribution in [0.2, 0.25) is 0 Å². The molecule has 1 heterocycles. The van der Waals surface area contributed by atoms with Crippen LogP contribution in [0, 0.1) is 0 Å². The molecule has 0 atom stereocenters. The number of nitrogens with zero attached hydrogens (tertiary/aromatic N) is 1. The molecule has 1 aliphatic heterocycles. The first-order chi connectivity index (χ1) is 11.2. The van der Waals surface area contributed by atoms with Crippen LogP contribution in [-0.2, 0) is 16.1 Å². The molecule has 0 saturated carbocycles. The summed E-state index contributed by atoms with van der Waals surface area (Å²) in [4.78, 5) is 25.6. The molecule has 2 rings (SSSR count). The third-order valence-electron chi connectivity index (χ3n) is 3.82. The molecule has 0 radical (unpaired) electrons. The largest absolute Gasteiger partial charge is 0.375 e. The van der Waals surface area contributed by atoms with Crippen LogP contribution in [0.4, 0.5) is 10.5 Å². The lowest BCUT2D eigenvalue weighted by Crippen LogP contribution is -2.40. The maximum Gasteiger partial charge on any atom is 0.317 e. The van der Waals surface area contributed by atoms with E-state index in [-0.39, 0.29) is 18.5 Å². The molecule has 6 nitrogen and oxygen atoms in total. The summed E-state index contributed by atoms with van der Waals surface area (Å²) in [5.74, 6) is -0.196. The predicted octanol–water partition coefficient (Wildman–Crippen LogP) is 2.36. The minimum Gasteiger partial charge on any atom is -0.375 e. The van der Waals surface area contributed by atoms with E-state index in [0.717, 1.165) is 31.5 Å². The number of carbonyl (C=O) groups is 2. The van der Waals surface area contributed by atoms with E-state index in [1.165, 1.54) is 20.0 Å². The van der Waals surface area contributed by atoms with Crippen molar-refractivity contribution in [3.8, 4) is 0 Å². The Hall–Kier alpha value is -2.08. The van der Waals surface area contributed by atoms with Crippen molar-refractivity contribution < 1.29 is 14.3 Å². The number of hydrogen-bond donors (Lipinski definition) is 2. The molecule has 6 heteroatoms. The maximum absolute atomic E-state index is 12.2. The van der Waals surface area contributed by atoms with Crippen molar-refractivity contribution in [1.82, 2.24) is 10.2 Å². The minimum atomic E-state index is -0.196. The van der Waals surface area contributed by atoms with E-state index in [4.69, 9.17) is 4.74 Å². The first-order valence-corrected chi connectivity index (χ1v) is 8.09. The Labute approximate surface area is 137 Å². The highest BCUT2D eigenvalue weighted by Gasteiger charge is 2.14. The zero-order valence-electron chi connectivity index (χ0n) is 13.6. The third kappa shape index (κ3) is 5.90. The van der Waals surface area contributed by atoms with Gasteiger partial charge in [0.1, 0.15) is 6.61 Å². The Morgan fingerprint density at radius 1 is 1.17 bits per heavy atom. The summed E-state index contributed by atoms with van der Waals surface area (Å²) in [6.45, 7) is 2.14. The van der Waals surface area contributed by atoms with Gasteiger partial charge in [0, 0.05) is 32.4 Å². The fourth-order valence-corrected chi connectivity index (χ4v) is 2.65. The number of nitrogens with one attached hydrogen (secondary N) is 2. The highest BCUT2D eigenvalue weighted by molar-refractivity contribution is 5.91. The lowest BCUT2D eigenvalue weighted by molar-refractivity contribution is -0.119. The topological polar surface area (TPSA) is 70.7 Å². The number of anilines is 1. The van der Waals surface area contributed by atoms with Gasteiger partial charge in [-0.3, -0.25) is 4.79 Å². The van der Waals surface area contributed by atoms with Gasteiger partial charge in [0.2, 0.25) is 5.91 Å². The normalized spacial score (nSPS) is 14.9. The van der Waals surface area contributed by atoms with Crippen LogP contribution in [0.25, 0.3) is 0 Å². The molecule has 0 unspecified atom stereocenters. The second kappa shape index (κ2) is 9.15. The van der Waals surface area contributed by atoms with Gasteiger partial charge in [-0.15, -0.1) is 0 Å². The average Bonchev–Trinajstić information content (AvgIpc) is 2.82. The van der Waals surface area contributed by atoms with Crippen LogP contribution in [0.1, 0.15) is 31.2 Å². The lowest BCUT2D eigenvalue weighted by atomic mass is 10.2. The molecule has 1 aromatic carbocycles. The average molecular weight is 319 g/mol. The molecule has 23 heavy (non-hydrogen) atoms. The summed E-state index contributed by atoms with van der Waals surface area (Å²) in [6, 6.07) is 7.44. The highest BCUT2D eigenvalue weighted by Crippen LogP contribution is 2.12. The summed E-state index contributed by atoms with van der Waals surface area (Å²) in [6.07, 6.45) is 4.56. The smallest absolute Gasteiger partial charge is 0.317 e. The molecular weight excluding hydrogens is 294 g/mol. The quantitative estimate of drug-likeness (QED) is 0.875. The van der Waals surface area contributed by atoms with E-state index in [1.54, 1.807) is 0 Å². The molecule has 2 N–H and O–H groups in total. The monoisotopic (exact) mass is 319 g/mol. The molecule has 0 aromatic heterocycles. The van der Waals surface area contributed by atoms with E-state index < -0.39 is 0 Å². The van der Waals surface area contributed by atoms with Gasteiger partial charge in [0.25, 0.3) is 0 Å². The van der Waals surface area contributed by atoms with Crippen LogP contribution in [0.15, 0.2) is 24.3 Å². The maximum atomic E-state index is 12.2. The molecule has 1 fully saturated rings. The van der Waals surface area contributed by atoms with Crippen molar-refractivity contribution in [2.75, 3.05) is 32.1 Å². The highest BCUT2D eigenvalue weighted by atomic mass is 16.5. The molecule has 1 saturated heterocycles. The molecule has 126 valence electrons. The van der Waals surface area contributed by atoms with Crippen molar-refractivity contribution in [2.45, 2.75) is 32.2 Å². The van der Waals surface area contributed by atoms with Crippen LogP contribution >= 0.6 is 0 Å². The lowest BCUT2D eigenvalue weighted by Gasteiger charge is -2.20. The standard InChI is InChI=1S/C17H25N3O3/c1-23-13-16(21)19-15-8-6-7-14(11-15)12-18-17(22)20-9-4-2-3-5-10-20/h6-8,11H,2-5,9-10,12-13H2,1H3,(H,18,22)(H,19,21). The fourth-order valence-electron chi connectivity index (χ4n) is 2.65. The van der Waals surface area contributed by atoms with E-state index >= 15 is 0 Å². The van der Waals surface area contributed by atoms with Gasteiger partial charge in [0.15, 0.2) is 0 Å². The van der Waals surface area contributed by atoms with Crippen molar-refractivity contribution in [2.24, 2.45) is 0 Å². The number of urea groups is 1. The Morgan fingerprint density at radius 2 is 1.91 bits per heavy atom.